The largest absolute Gasteiger partial charge is 0.346 e. The van der Waals surface area contributed by atoms with Gasteiger partial charge in [0.05, 0.1) is 11.7 Å². The molecule has 1 unspecified atom stereocenters. The van der Waals surface area contributed by atoms with Crippen molar-refractivity contribution in [3.63, 3.8) is 0 Å². The average molecular weight is 323 g/mol. The van der Waals surface area contributed by atoms with Crippen LogP contribution in [0.15, 0.2) is 30.7 Å². The summed E-state index contributed by atoms with van der Waals surface area (Å²) in [6.45, 7) is 4.19. The second kappa shape index (κ2) is 6.11. The summed E-state index contributed by atoms with van der Waals surface area (Å²) in [6.07, 6.45) is 7.69. The SMILES string of the molecule is CCNC(=O)N1CCCC(c2ccnc3cnc4[nH]ccc4c23)C1. The van der Waals surface area contributed by atoms with E-state index < -0.39 is 0 Å². The molecule has 124 valence electrons. The van der Waals surface area contributed by atoms with E-state index in [-0.39, 0.29) is 6.03 Å². The van der Waals surface area contributed by atoms with Crippen LogP contribution in [0.25, 0.3) is 21.9 Å². The van der Waals surface area contributed by atoms with Crippen LogP contribution in [-0.2, 0) is 0 Å². The smallest absolute Gasteiger partial charge is 0.317 e. The number of hydrogen-bond acceptors (Lipinski definition) is 3. The molecule has 4 heterocycles. The molecule has 6 heteroatoms. The maximum Gasteiger partial charge on any atom is 0.317 e. The minimum absolute atomic E-state index is 0.0361. The molecule has 1 aliphatic rings. The molecule has 1 saturated heterocycles. The van der Waals surface area contributed by atoms with Gasteiger partial charge in [-0.05, 0) is 37.5 Å². The van der Waals surface area contributed by atoms with Crippen LogP contribution in [0.2, 0.25) is 0 Å². The highest BCUT2D eigenvalue weighted by Crippen LogP contribution is 2.34. The number of piperidine rings is 1. The second-order valence-electron chi connectivity index (χ2n) is 6.28. The van der Waals surface area contributed by atoms with Gasteiger partial charge in [0.2, 0.25) is 0 Å². The monoisotopic (exact) mass is 323 g/mol. The van der Waals surface area contributed by atoms with Crippen molar-refractivity contribution in [1.82, 2.24) is 25.2 Å². The Balaban J connectivity index is 1.75. The highest BCUT2D eigenvalue weighted by molar-refractivity contribution is 6.05. The molecule has 0 aromatic carbocycles. The predicted molar refractivity (Wildman–Crippen MR) is 94.0 cm³/mol. The van der Waals surface area contributed by atoms with Crippen molar-refractivity contribution in [1.29, 1.82) is 0 Å². The van der Waals surface area contributed by atoms with Gasteiger partial charge in [0.1, 0.15) is 5.65 Å². The predicted octanol–water partition coefficient (Wildman–Crippen LogP) is 3.02. The van der Waals surface area contributed by atoms with Crippen molar-refractivity contribution >= 4 is 28.0 Å². The Hall–Kier alpha value is -2.63. The zero-order valence-electron chi connectivity index (χ0n) is 13.7. The molecule has 0 aliphatic carbocycles. The number of nitrogens with one attached hydrogen (secondary N) is 2. The third kappa shape index (κ3) is 2.48. The van der Waals surface area contributed by atoms with Gasteiger partial charge in [-0.3, -0.25) is 4.98 Å². The van der Waals surface area contributed by atoms with Crippen molar-refractivity contribution in [3.05, 3.63) is 36.3 Å². The summed E-state index contributed by atoms with van der Waals surface area (Å²) in [4.78, 5) is 26.2. The molecule has 3 aromatic rings. The van der Waals surface area contributed by atoms with E-state index in [0.29, 0.717) is 12.5 Å². The van der Waals surface area contributed by atoms with E-state index in [1.807, 2.05) is 30.4 Å². The topological polar surface area (TPSA) is 73.9 Å². The molecule has 0 bridgehead atoms. The van der Waals surface area contributed by atoms with Crippen LogP contribution >= 0.6 is 0 Å². The number of hydrogen-bond donors (Lipinski definition) is 2. The van der Waals surface area contributed by atoms with E-state index in [9.17, 15) is 4.79 Å². The average Bonchev–Trinajstić information content (AvgIpc) is 3.10. The Morgan fingerprint density at radius 3 is 3.21 bits per heavy atom. The van der Waals surface area contributed by atoms with Gasteiger partial charge in [-0.15, -0.1) is 0 Å². The lowest BCUT2D eigenvalue weighted by atomic mass is 9.88. The van der Waals surface area contributed by atoms with Crippen molar-refractivity contribution in [2.24, 2.45) is 0 Å². The Bertz CT molecular complexity index is 887. The van der Waals surface area contributed by atoms with Gasteiger partial charge in [0.25, 0.3) is 0 Å². The molecule has 3 aromatic heterocycles. The van der Waals surface area contributed by atoms with Crippen LogP contribution in [0, 0.1) is 0 Å². The van der Waals surface area contributed by atoms with E-state index in [2.05, 4.69) is 32.4 Å². The van der Waals surface area contributed by atoms with Crippen molar-refractivity contribution in [2.45, 2.75) is 25.7 Å². The summed E-state index contributed by atoms with van der Waals surface area (Å²) in [5, 5.41) is 5.17. The van der Waals surface area contributed by atoms with Crippen LogP contribution in [0.1, 0.15) is 31.2 Å². The summed E-state index contributed by atoms with van der Waals surface area (Å²) in [7, 11) is 0. The van der Waals surface area contributed by atoms with E-state index >= 15 is 0 Å². The first-order valence-electron chi connectivity index (χ1n) is 8.51. The molecule has 0 saturated carbocycles. The summed E-state index contributed by atoms with van der Waals surface area (Å²) in [5.74, 6) is 0.326. The first-order chi connectivity index (χ1) is 11.8. The standard InChI is InChI=1S/C18H21N5O/c1-2-19-18(24)23-9-3-4-12(11-23)13-5-7-20-15-10-22-17-14(16(13)15)6-8-21-17/h5-8,10,12H,2-4,9,11H2,1H3,(H,19,24)(H,21,22). The molecule has 2 N–H and O–H groups in total. The third-order valence-corrected chi connectivity index (χ3v) is 4.80. The number of nitrogens with zero attached hydrogens (tertiary/aromatic N) is 3. The number of aromatic nitrogens is 3. The molecule has 4 rings (SSSR count). The number of rotatable bonds is 2. The zero-order valence-corrected chi connectivity index (χ0v) is 13.7. The highest BCUT2D eigenvalue weighted by atomic mass is 16.2. The number of carbonyl (C=O) groups is 1. The third-order valence-electron chi connectivity index (χ3n) is 4.80. The van der Waals surface area contributed by atoms with E-state index in [4.69, 9.17) is 0 Å². The van der Waals surface area contributed by atoms with Gasteiger partial charge in [-0.25, -0.2) is 9.78 Å². The molecule has 1 aliphatic heterocycles. The maximum atomic E-state index is 12.2. The van der Waals surface area contributed by atoms with Gasteiger partial charge in [0.15, 0.2) is 0 Å². The van der Waals surface area contributed by atoms with Crippen molar-refractivity contribution in [2.75, 3.05) is 19.6 Å². The van der Waals surface area contributed by atoms with E-state index in [1.165, 1.54) is 5.56 Å². The molecule has 0 spiro atoms. The van der Waals surface area contributed by atoms with Crippen LogP contribution in [0.4, 0.5) is 4.79 Å². The molecule has 0 radical (unpaired) electrons. The van der Waals surface area contributed by atoms with Gasteiger partial charge in [0, 0.05) is 48.7 Å². The molecule has 1 fully saturated rings. The molecule has 6 nitrogen and oxygen atoms in total. The number of H-pyrrole nitrogens is 1. The van der Waals surface area contributed by atoms with Crippen LogP contribution in [0.3, 0.4) is 0 Å². The number of urea groups is 1. The number of amides is 2. The van der Waals surface area contributed by atoms with Crippen LogP contribution in [-0.4, -0.2) is 45.5 Å². The van der Waals surface area contributed by atoms with E-state index in [0.717, 1.165) is 47.9 Å². The lowest BCUT2D eigenvalue weighted by molar-refractivity contribution is 0.180. The minimum atomic E-state index is 0.0361. The van der Waals surface area contributed by atoms with Gasteiger partial charge >= 0.3 is 6.03 Å². The Morgan fingerprint density at radius 2 is 2.33 bits per heavy atom. The van der Waals surface area contributed by atoms with Crippen molar-refractivity contribution in [3.8, 4) is 0 Å². The summed E-state index contributed by atoms with van der Waals surface area (Å²) in [5.41, 5.74) is 3.06. The van der Waals surface area contributed by atoms with Crippen molar-refractivity contribution < 1.29 is 4.79 Å². The fourth-order valence-electron chi connectivity index (χ4n) is 3.70. The van der Waals surface area contributed by atoms with Gasteiger partial charge in [-0.1, -0.05) is 0 Å². The molecular formula is C18H21N5O. The van der Waals surface area contributed by atoms with E-state index in [1.54, 1.807) is 0 Å². The van der Waals surface area contributed by atoms with Crippen LogP contribution in [0.5, 0.6) is 0 Å². The molecule has 2 amide bonds. The quantitative estimate of drug-likeness (QED) is 0.761. The molecular weight excluding hydrogens is 302 g/mol. The fraction of sp³-hybridized carbons (Fsp3) is 0.389. The Kier molecular flexibility index (Phi) is 3.80. The van der Waals surface area contributed by atoms with Gasteiger partial charge < -0.3 is 15.2 Å². The number of fused-ring (bicyclic) bond motifs is 3. The summed E-state index contributed by atoms with van der Waals surface area (Å²) in [6, 6.07) is 4.19. The first-order valence-corrected chi connectivity index (χ1v) is 8.51. The number of likely N-dealkylation sites (tertiary alicyclic amines) is 1. The zero-order chi connectivity index (χ0) is 16.5. The number of aromatic amines is 1. The number of carbonyl (C=O) groups excluding carboxylic acids is 1. The molecule has 1 atom stereocenters. The first kappa shape index (κ1) is 14.9. The second-order valence-corrected chi connectivity index (χ2v) is 6.28. The lowest BCUT2D eigenvalue weighted by Gasteiger charge is -2.33. The highest BCUT2D eigenvalue weighted by Gasteiger charge is 2.26. The fourth-order valence-corrected chi connectivity index (χ4v) is 3.70. The lowest BCUT2D eigenvalue weighted by Crippen LogP contribution is -2.44. The molecule has 24 heavy (non-hydrogen) atoms. The summed E-state index contributed by atoms with van der Waals surface area (Å²) >= 11 is 0. The number of pyridine rings is 2. The maximum absolute atomic E-state index is 12.2. The Morgan fingerprint density at radius 1 is 1.42 bits per heavy atom. The van der Waals surface area contributed by atoms with Crippen LogP contribution < -0.4 is 5.32 Å². The summed E-state index contributed by atoms with van der Waals surface area (Å²) < 4.78 is 0. The minimum Gasteiger partial charge on any atom is -0.346 e. The Labute approximate surface area is 140 Å². The normalized spacial score (nSPS) is 18.2. The van der Waals surface area contributed by atoms with Gasteiger partial charge in [-0.2, -0.15) is 0 Å².